The minimum Gasteiger partial charge on any atom is -0.393 e. The molecule has 2 aliphatic rings. The van der Waals surface area contributed by atoms with Gasteiger partial charge in [0.15, 0.2) is 0 Å². The van der Waals surface area contributed by atoms with Gasteiger partial charge in [0.2, 0.25) is 0 Å². The van der Waals surface area contributed by atoms with Crippen LogP contribution < -0.4 is 0 Å². The van der Waals surface area contributed by atoms with Gasteiger partial charge in [-0.15, -0.1) is 0 Å². The lowest BCUT2D eigenvalue weighted by Crippen LogP contribution is -2.18. The number of fused-ring (bicyclic) bond motifs is 1. The molecule has 12 heavy (non-hydrogen) atoms. The Balaban J connectivity index is 1.91. The third-order valence-corrected chi connectivity index (χ3v) is 3.80. The van der Waals surface area contributed by atoms with E-state index in [4.69, 9.17) is 0 Å². The molecule has 2 rings (SSSR count). The Bertz CT molecular complexity index is 152. The van der Waals surface area contributed by atoms with Crippen molar-refractivity contribution in [1.82, 2.24) is 0 Å². The van der Waals surface area contributed by atoms with Gasteiger partial charge in [0.05, 0.1) is 6.10 Å². The second-order valence-corrected chi connectivity index (χ2v) is 4.92. The largest absolute Gasteiger partial charge is 0.393 e. The molecule has 0 saturated heterocycles. The minimum atomic E-state index is -0.0156. The van der Waals surface area contributed by atoms with Gasteiger partial charge in [-0.05, 0) is 36.5 Å². The average molecular weight is 168 g/mol. The van der Waals surface area contributed by atoms with Crippen LogP contribution in [0.25, 0.3) is 0 Å². The maximum Gasteiger partial charge on any atom is 0.0596 e. The average Bonchev–Trinajstić information content (AvgIpc) is 2.76. The van der Waals surface area contributed by atoms with E-state index in [9.17, 15) is 5.11 Å². The second kappa shape index (κ2) is 3.02. The van der Waals surface area contributed by atoms with Gasteiger partial charge < -0.3 is 5.11 Å². The van der Waals surface area contributed by atoms with Gasteiger partial charge in [0.1, 0.15) is 0 Å². The molecule has 2 saturated carbocycles. The second-order valence-electron chi connectivity index (χ2n) is 4.92. The highest BCUT2D eigenvalue weighted by Crippen LogP contribution is 2.57. The van der Waals surface area contributed by atoms with E-state index < -0.39 is 0 Å². The number of hydrogen-bond acceptors (Lipinski definition) is 1. The lowest BCUT2D eigenvalue weighted by Gasteiger charge is -2.13. The van der Waals surface area contributed by atoms with Crippen LogP contribution in [0.15, 0.2) is 0 Å². The van der Waals surface area contributed by atoms with E-state index in [1.54, 1.807) is 0 Å². The maximum atomic E-state index is 9.90. The summed E-state index contributed by atoms with van der Waals surface area (Å²) in [7, 11) is 0. The van der Waals surface area contributed by atoms with Gasteiger partial charge in [-0.1, -0.05) is 26.7 Å². The van der Waals surface area contributed by atoms with Gasteiger partial charge in [0, 0.05) is 0 Å². The lowest BCUT2D eigenvalue weighted by molar-refractivity contribution is 0.0935. The third kappa shape index (κ3) is 1.28. The summed E-state index contributed by atoms with van der Waals surface area (Å²) in [6.45, 7) is 4.27. The number of hydrogen-bond donors (Lipinski definition) is 1. The molecular weight excluding hydrogens is 148 g/mol. The van der Waals surface area contributed by atoms with Crippen molar-refractivity contribution in [3.05, 3.63) is 0 Å². The Morgan fingerprint density at radius 1 is 1.08 bits per heavy atom. The number of aliphatic hydroxyl groups is 1. The summed E-state index contributed by atoms with van der Waals surface area (Å²) in [5.41, 5.74) is 0. The highest BCUT2D eigenvalue weighted by molar-refractivity contribution is 5.02. The lowest BCUT2D eigenvalue weighted by atomic mass is 10.0. The first kappa shape index (κ1) is 8.55. The van der Waals surface area contributed by atoms with Crippen molar-refractivity contribution in [3.8, 4) is 0 Å². The highest BCUT2D eigenvalue weighted by atomic mass is 16.3. The Hall–Kier alpha value is -0.0400. The summed E-state index contributed by atoms with van der Waals surface area (Å²) in [4.78, 5) is 0. The van der Waals surface area contributed by atoms with E-state index in [0.29, 0.717) is 11.8 Å². The van der Waals surface area contributed by atoms with Crippen LogP contribution in [-0.4, -0.2) is 11.2 Å². The van der Waals surface area contributed by atoms with Gasteiger partial charge in [-0.3, -0.25) is 0 Å². The van der Waals surface area contributed by atoms with Crippen LogP contribution in [0, 0.1) is 23.7 Å². The van der Waals surface area contributed by atoms with Gasteiger partial charge in [-0.2, -0.15) is 0 Å². The molecule has 1 nitrogen and oxygen atoms in total. The van der Waals surface area contributed by atoms with Gasteiger partial charge >= 0.3 is 0 Å². The molecule has 1 heteroatoms. The summed E-state index contributed by atoms with van der Waals surface area (Å²) in [5.74, 6) is 2.93. The summed E-state index contributed by atoms with van der Waals surface area (Å²) in [5, 5.41) is 9.90. The fraction of sp³-hybridized carbons (Fsp3) is 1.00. The Labute approximate surface area is 75.2 Å². The molecule has 0 amide bonds. The fourth-order valence-electron chi connectivity index (χ4n) is 3.00. The molecule has 0 radical (unpaired) electrons. The standard InChI is InChI=1S/C11H20O/c1-7(2)11(12)10-8-5-3-4-6-9(8)10/h7-12H,3-6H2,1-2H3. The molecule has 3 atom stereocenters. The van der Waals surface area contributed by atoms with E-state index in [-0.39, 0.29) is 6.10 Å². The Morgan fingerprint density at radius 3 is 2.00 bits per heavy atom. The number of aliphatic hydroxyl groups excluding tert-OH is 1. The van der Waals surface area contributed by atoms with Crippen molar-refractivity contribution in [2.24, 2.45) is 23.7 Å². The van der Waals surface area contributed by atoms with Crippen LogP contribution in [0.1, 0.15) is 39.5 Å². The summed E-state index contributed by atoms with van der Waals surface area (Å²) >= 11 is 0. The van der Waals surface area contributed by atoms with Crippen molar-refractivity contribution < 1.29 is 5.11 Å². The van der Waals surface area contributed by atoms with Crippen molar-refractivity contribution in [2.75, 3.05) is 0 Å². The van der Waals surface area contributed by atoms with E-state index in [1.807, 2.05) is 0 Å². The zero-order valence-corrected chi connectivity index (χ0v) is 8.16. The fourth-order valence-corrected chi connectivity index (χ4v) is 3.00. The molecule has 2 fully saturated rings. The van der Waals surface area contributed by atoms with Crippen LogP contribution in [0.3, 0.4) is 0 Å². The quantitative estimate of drug-likeness (QED) is 0.671. The van der Waals surface area contributed by atoms with Crippen LogP contribution >= 0.6 is 0 Å². The molecule has 0 aromatic carbocycles. The van der Waals surface area contributed by atoms with E-state index >= 15 is 0 Å². The summed E-state index contributed by atoms with van der Waals surface area (Å²) in [6.07, 6.45) is 5.57. The zero-order valence-electron chi connectivity index (χ0n) is 8.16. The Kier molecular flexibility index (Phi) is 2.16. The first-order valence-corrected chi connectivity index (χ1v) is 5.40. The normalized spacial score (nSPS) is 42.5. The highest BCUT2D eigenvalue weighted by Gasteiger charge is 2.54. The molecule has 0 aliphatic heterocycles. The zero-order chi connectivity index (χ0) is 8.72. The van der Waals surface area contributed by atoms with E-state index in [0.717, 1.165) is 11.8 Å². The molecule has 3 unspecified atom stereocenters. The smallest absolute Gasteiger partial charge is 0.0596 e. The van der Waals surface area contributed by atoms with Gasteiger partial charge in [0.25, 0.3) is 0 Å². The minimum absolute atomic E-state index is 0.0156. The van der Waals surface area contributed by atoms with Crippen LogP contribution in [0.4, 0.5) is 0 Å². The maximum absolute atomic E-state index is 9.90. The Morgan fingerprint density at radius 2 is 1.58 bits per heavy atom. The molecule has 0 bridgehead atoms. The molecule has 2 aliphatic carbocycles. The first-order chi connectivity index (χ1) is 5.72. The predicted octanol–water partition coefficient (Wildman–Crippen LogP) is 2.44. The summed E-state index contributed by atoms with van der Waals surface area (Å²) in [6, 6.07) is 0. The monoisotopic (exact) mass is 168 g/mol. The molecule has 0 aromatic heterocycles. The van der Waals surface area contributed by atoms with Crippen LogP contribution in [0.5, 0.6) is 0 Å². The van der Waals surface area contributed by atoms with Crippen molar-refractivity contribution in [3.63, 3.8) is 0 Å². The molecule has 1 N–H and O–H groups in total. The molecule has 0 heterocycles. The van der Waals surface area contributed by atoms with E-state index in [1.165, 1.54) is 25.7 Å². The summed E-state index contributed by atoms with van der Waals surface area (Å²) < 4.78 is 0. The molecule has 0 spiro atoms. The van der Waals surface area contributed by atoms with Crippen molar-refractivity contribution in [2.45, 2.75) is 45.6 Å². The molecular formula is C11H20O. The van der Waals surface area contributed by atoms with Crippen molar-refractivity contribution in [1.29, 1.82) is 0 Å². The van der Waals surface area contributed by atoms with E-state index in [2.05, 4.69) is 13.8 Å². The van der Waals surface area contributed by atoms with Gasteiger partial charge in [-0.25, -0.2) is 0 Å². The first-order valence-electron chi connectivity index (χ1n) is 5.40. The topological polar surface area (TPSA) is 20.2 Å². The number of rotatable bonds is 2. The van der Waals surface area contributed by atoms with Crippen LogP contribution in [0.2, 0.25) is 0 Å². The van der Waals surface area contributed by atoms with Crippen LogP contribution in [-0.2, 0) is 0 Å². The predicted molar refractivity (Wildman–Crippen MR) is 49.8 cm³/mol. The molecule has 70 valence electrons. The van der Waals surface area contributed by atoms with Crippen molar-refractivity contribution >= 4 is 0 Å². The third-order valence-electron chi connectivity index (χ3n) is 3.80. The molecule has 0 aromatic rings. The SMILES string of the molecule is CC(C)C(O)C1C2CCCCC21.